The summed E-state index contributed by atoms with van der Waals surface area (Å²) in [6.45, 7) is 6.56. The molecule has 10 aromatic rings. The Morgan fingerprint density at radius 1 is 0.550 bits per heavy atom. The molecule has 2 fully saturated rings. The predicted octanol–water partition coefficient (Wildman–Crippen LogP) is 5.77. The Morgan fingerprint density at radius 2 is 0.910 bits per heavy atom. The van der Waals surface area contributed by atoms with Gasteiger partial charge in [-0.15, -0.1) is 0 Å². The van der Waals surface area contributed by atoms with Crippen LogP contribution < -0.4 is 32.1 Å². The Labute approximate surface area is 575 Å². The van der Waals surface area contributed by atoms with Crippen molar-refractivity contribution in [2.24, 2.45) is 11.8 Å². The van der Waals surface area contributed by atoms with E-state index in [-0.39, 0.29) is 78.9 Å². The lowest BCUT2D eigenvalue weighted by Crippen LogP contribution is -2.37. The van der Waals surface area contributed by atoms with Gasteiger partial charge in [0.2, 0.25) is 11.9 Å². The number of nitrogens with one attached hydrogen (secondary N) is 2. The number of aromatic nitrogens is 8. The molecular weight excluding hydrogens is 1290 g/mol. The molecule has 0 radical (unpaired) electrons. The van der Waals surface area contributed by atoms with Gasteiger partial charge in [0.25, 0.3) is 17.1 Å². The highest BCUT2D eigenvalue weighted by Gasteiger charge is 2.48. The fourth-order valence-electron chi connectivity index (χ4n) is 12.0. The second kappa shape index (κ2) is 35.3. The zero-order valence-corrected chi connectivity index (χ0v) is 56.4. The van der Waals surface area contributed by atoms with Crippen molar-refractivity contribution in [1.29, 1.82) is 0 Å². The van der Waals surface area contributed by atoms with Crippen LogP contribution in [0.25, 0.3) is 22.3 Å². The van der Waals surface area contributed by atoms with E-state index in [1.165, 1.54) is 12.7 Å². The largest absolute Gasteiger partial charge is 0.497 e. The van der Waals surface area contributed by atoms with Crippen molar-refractivity contribution in [3.05, 3.63) is 236 Å². The lowest BCUT2D eigenvalue weighted by Gasteiger charge is -2.37. The van der Waals surface area contributed by atoms with Crippen LogP contribution in [0.4, 0.5) is 11.9 Å². The first-order valence-electron chi connectivity index (χ1n) is 31.8. The standard InChI is InChI=1S/C35H39N5O7.C21H20O3.C14H21N5O5.C2H4O2.H2O/c1-22-28(47-33(30(22)45-18-17-43-2)40-21-37-29-31(40)38-34(36)39-32(29)42)20-46-35(24-7-5-4-6-8-24,25-11-9-23(19-41)10-12-25)26-13-15-27(44-3)16-14-26;1-24-20-13-11-19(12-14-20)21(23,17-5-3-2-4-6-17)18-9-7-16(15-22)8-10-18;1-7-8(5-20)24-13(10(7)23-4-3-22-2)19-6-16-9-11(19)17-14(15)18-12(9)21;1-2(3)4;/h4-16,21-22,28,30,33,41H,17-20H2,1-3H3,(H3,36,38,39,42);2-14,22-23H,15H2,1H3;6-8,10,13,20H,3-5H2,1-2H3,(H3,15,17,18,21);1H3,(H,3,4);1H2/t22-,28+,30?,33+,35?;;7-,8+,10?,13+;;/m0.0../s1. The molecule has 2 saturated heterocycles. The van der Waals surface area contributed by atoms with E-state index in [9.17, 15) is 30.0 Å². The van der Waals surface area contributed by atoms with E-state index in [1.807, 2.05) is 172 Å². The minimum atomic E-state index is -1.28. The second-order valence-corrected chi connectivity index (χ2v) is 23.4. The Morgan fingerprint density at radius 3 is 1.31 bits per heavy atom. The topological polar surface area (TPSA) is 412 Å². The molecule has 0 saturated carbocycles. The maximum atomic E-state index is 12.6. The number of aromatic amines is 2. The average Bonchev–Trinajstić information content (AvgIpc) is 0.930. The molecule has 6 aromatic carbocycles. The highest BCUT2D eigenvalue weighted by Crippen LogP contribution is 2.45. The summed E-state index contributed by atoms with van der Waals surface area (Å²) >= 11 is 0. The third-order valence-electron chi connectivity index (χ3n) is 17.2. The van der Waals surface area contributed by atoms with Gasteiger partial charge in [-0.3, -0.25) is 33.5 Å². The van der Waals surface area contributed by atoms with Crippen LogP contribution >= 0.6 is 0 Å². The lowest BCUT2D eigenvalue weighted by molar-refractivity contribution is -0.134. The summed E-state index contributed by atoms with van der Waals surface area (Å²) in [6.07, 6.45) is 0.107. The number of benzene rings is 6. The van der Waals surface area contributed by atoms with E-state index < -0.39 is 53.0 Å². The molecule has 0 aliphatic carbocycles. The summed E-state index contributed by atoms with van der Waals surface area (Å²) in [5, 5.41) is 47.6. The minimum absolute atomic E-state index is 0. The first-order chi connectivity index (χ1) is 47.9. The molecule has 532 valence electrons. The Hall–Kier alpha value is -9.79. The van der Waals surface area contributed by atoms with Crippen LogP contribution in [-0.4, -0.2) is 169 Å². The van der Waals surface area contributed by atoms with Crippen molar-refractivity contribution < 1.29 is 78.4 Å². The molecule has 13 N–H and O–H groups in total. The third kappa shape index (κ3) is 17.1. The number of methoxy groups -OCH3 is 4. The molecule has 6 heterocycles. The number of nitrogens with two attached hydrogens (primary N) is 2. The summed E-state index contributed by atoms with van der Waals surface area (Å²) in [4.78, 5) is 55.3. The SMILES string of the molecule is CC(=O)O.COCCOC1[C@@H](C)[C@@H](CO)O[C@H]1n1cnc2c(=O)[nH]c(N)nc21.COCCOC1[C@@H](C)[C@@H](COC(c2ccccc2)(c2ccc(CO)cc2)c2ccc(OC)cc2)O[C@H]1n1cnc2c(=O)[nH]c(N)nc21.COc1ccc(C(O)(c2ccccc2)c2ccc(CO)cc2)cc1.O. The maximum Gasteiger partial charge on any atom is 0.300 e. The van der Waals surface area contributed by atoms with E-state index >= 15 is 0 Å². The van der Waals surface area contributed by atoms with E-state index in [2.05, 4.69) is 29.9 Å². The van der Waals surface area contributed by atoms with Crippen LogP contribution in [0.2, 0.25) is 0 Å². The van der Waals surface area contributed by atoms with Gasteiger partial charge in [0.15, 0.2) is 34.8 Å². The Balaban J connectivity index is 0.000000202. The number of H-pyrrole nitrogens is 2. The van der Waals surface area contributed by atoms with Gasteiger partial charge in [-0.05, 0) is 68.8 Å². The van der Waals surface area contributed by atoms with Crippen LogP contribution in [0.15, 0.2) is 180 Å². The number of carbonyl (C=O) groups is 1. The molecule has 10 atom stereocenters. The molecule has 12 rings (SSSR count). The van der Waals surface area contributed by atoms with E-state index in [1.54, 1.807) is 37.6 Å². The average molecular weight is 1380 g/mol. The van der Waals surface area contributed by atoms with Crippen LogP contribution in [-0.2, 0) is 62.4 Å². The number of aliphatic hydroxyl groups excluding tert-OH is 3. The Kier molecular flexibility index (Phi) is 26.8. The van der Waals surface area contributed by atoms with Crippen LogP contribution in [0.1, 0.15) is 77.7 Å². The zero-order valence-electron chi connectivity index (χ0n) is 56.4. The number of hydrogen-bond donors (Lipinski definition) is 9. The number of rotatable bonds is 24. The van der Waals surface area contributed by atoms with Crippen molar-refractivity contribution in [1.82, 2.24) is 39.0 Å². The monoisotopic (exact) mass is 1380 g/mol. The summed E-state index contributed by atoms with van der Waals surface area (Å²) < 4.78 is 56.2. The van der Waals surface area contributed by atoms with Gasteiger partial charge in [0.05, 0.1) is 91.9 Å². The normalized spacial score (nSPS) is 19.7. The molecule has 28 nitrogen and oxygen atoms in total. The van der Waals surface area contributed by atoms with E-state index in [4.69, 9.17) is 64.0 Å². The van der Waals surface area contributed by atoms with Gasteiger partial charge in [-0.2, -0.15) is 9.97 Å². The molecule has 4 unspecified atom stereocenters. The third-order valence-corrected chi connectivity index (χ3v) is 17.2. The van der Waals surface area contributed by atoms with E-state index in [0.29, 0.717) is 37.7 Å². The number of anilines is 2. The first kappa shape index (κ1) is 76.0. The highest BCUT2D eigenvalue weighted by molar-refractivity contribution is 5.71. The van der Waals surface area contributed by atoms with Crippen molar-refractivity contribution in [2.75, 3.05) is 79.5 Å². The van der Waals surface area contributed by atoms with Gasteiger partial charge < -0.3 is 85.1 Å². The number of nitrogen functional groups attached to an aromatic ring is 2. The number of aliphatic carboxylic acids is 1. The van der Waals surface area contributed by atoms with Crippen molar-refractivity contribution >= 4 is 40.2 Å². The summed E-state index contributed by atoms with van der Waals surface area (Å²) in [5.74, 6) is 0.383. The predicted molar refractivity (Wildman–Crippen MR) is 370 cm³/mol. The van der Waals surface area contributed by atoms with E-state index in [0.717, 1.165) is 62.9 Å². The lowest BCUT2D eigenvalue weighted by atomic mass is 9.79. The number of carboxylic acid groups (broad SMARTS) is 1. The maximum absolute atomic E-state index is 12.6. The van der Waals surface area contributed by atoms with Gasteiger partial charge in [-0.1, -0.05) is 147 Å². The molecule has 4 aromatic heterocycles. The molecule has 28 heteroatoms. The fraction of sp³-hybridized carbons (Fsp3) is 0.347. The molecular formula is C72H86N10O18. The zero-order chi connectivity index (χ0) is 70.8. The van der Waals surface area contributed by atoms with Gasteiger partial charge >= 0.3 is 0 Å². The number of fused-ring (bicyclic) bond motifs is 2. The number of hydrogen-bond acceptors (Lipinski definition) is 22. The summed E-state index contributed by atoms with van der Waals surface area (Å²) in [7, 11) is 6.46. The van der Waals surface area contributed by atoms with Gasteiger partial charge in [0, 0.05) is 33.0 Å². The summed E-state index contributed by atoms with van der Waals surface area (Å²) in [5.41, 5.74) is 15.8. The number of ether oxygens (including phenoxy) is 9. The number of aliphatic hydroxyl groups is 4. The molecule has 2 aliphatic heterocycles. The van der Waals surface area contributed by atoms with Crippen molar-refractivity contribution in [2.45, 2.75) is 82.1 Å². The van der Waals surface area contributed by atoms with Crippen molar-refractivity contribution in [3.63, 3.8) is 0 Å². The fourth-order valence-corrected chi connectivity index (χ4v) is 12.0. The Bertz CT molecular complexity index is 4200. The number of imidazole rings is 2. The van der Waals surface area contributed by atoms with Crippen LogP contribution in [0, 0.1) is 11.8 Å². The van der Waals surface area contributed by atoms with Crippen LogP contribution in [0.3, 0.4) is 0 Å². The molecule has 0 bridgehead atoms. The van der Waals surface area contributed by atoms with Gasteiger partial charge in [-0.25, -0.2) is 9.97 Å². The quantitative estimate of drug-likeness (QED) is 0.0256. The molecule has 2 aliphatic rings. The van der Waals surface area contributed by atoms with Crippen LogP contribution in [0.5, 0.6) is 11.5 Å². The summed E-state index contributed by atoms with van der Waals surface area (Å²) in [6, 6.07) is 49.9. The smallest absolute Gasteiger partial charge is 0.300 e. The molecule has 0 spiro atoms. The first-order valence-corrected chi connectivity index (χ1v) is 31.8. The minimum Gasteiger partial charge on any atom is -0.497 e. The van der Waals surface area contributed by atoms with Gasteiger partial charge in [0.1, 0.15) is 34.9 Å². The number of carboxylic acids is 1. The highest BCUT2D eigenvalue weighted by atomic mass is 16.6. The number of nitrogens with zero attached hydrogens (tertiary/aromatic N) is 6. The molecule has 100 heavy (non-hydrogen) atoms. The second-order valence-electron chi connectivity index (χ2n) is 23.4. The van der Waals surface area contributed by atoms with Crippen molar-refractivity contribution in [3.8, 4) is 11.5 Å². The molecule has 0 amide bonds.